The van der Waals surface area contributed by atoms with Crippen molar-refractivity contribution in [3.8, 4) is 11.4 Å². The van der Waals surface area contributed by atoms with Gasteiger partial charge in [0.1, 0.15) is 5.82 Å². The quantitative estimate of drug-likeness (QED) is 0.630. The highest BCUT2D eigenvalue weighted by Gasteiger charge is 2.14. The van der Waals surface area contributed by atoms with Gasteiger partial charge in [0.15, 0.2) is 6.61 Å². The highest BCUT2D eigenvalue weighted by molar-refractivity contribution is 5.69. The van der Waals surface area contributed by atoms with Crippen LogP contribution in [0.5, 0.6) is 0 Å². The predicted octanol–water partition coefficient (Wildman–Crippen LogP) is 2.90. The molecule has 0 saturated carbocycles. The lowest BCUT2D eigenvalue weighted by Crippen LogP contribution is -2.07. The van der Waals surface area contributed by atoms with Gasteiger partial charge in [-0.2, -0.15) is 10.1 Å². The zero-order valence-corrected chi connectivity index (χ0v) is 14.8. The zero-order chi connectivity index (χ0) is 18.7. The number of esters is 1. The Morgan fingerprint density at radius 1 is 1.27 bits per heavy atom. The van der Waals surface area contributed by atoms with Crippen molar-refractivity contribution in [1.29, 1.82) is 0 Å². The fourth-order valence-corrected chi connectivity index (χ4v) is 2.65. The number of hydrogen-bond donors (Lipinski definition) is 0. The lowest BCUT2D eigenvalue weighted by molar-refractivity contribution is -0.145. The van der Waals surface area contributed by atoms with Crippen LogP contribution in [-0.4, -0.2) is 25.9 Å². The fraction of sp³-hybridized carbons (Fsp3) is 0.333. The molecule has 1 aromatic carbocycles. The van der Waals surface area contributed by atoms with Crippen molar-refractivity contribution in [2.75, 3.05) is 0 Å². The maximum Gasteiger partial charge on any atom is 0.306 e. The summed E-state index contributed by atoms with van der Waals surface area (Å²) in [4.78, 5) is 16.1. The Hall–Kier alpha value is -3.03. The summed E-state index contributed by atoms with van der Waals surface area (Å²) in [5.41, 5.74) is 3.63. The van der Waals surface area contributed by atoms with Gasteiger partial charge < -0.3 is 9.26 Å². The Labute approximate surface area is 149 Å². The summed E-state index contributed by atoms with van der Waals surface area (Å²) in [6.07, 6.45) is 0.807. The summed E-state index contributed by atoms with van der Waals surface area (Å²) in [6, 6.07) is 5.73. The number of ether oxygens (including phenoxy) is 1. The largest absolute Gasteiger partial charge is 0.456 e. The number of hydrogen-bond acceptors (Lipinski definition) is 6. The van der Waals surface area contributed by atoms with Crippen LogP contribution in [0.3, 0.4) is 0 Å². The fourth-order valence-electron chi connectivity index (χ4n) is 2.65. The van der Waals surface area contributed by atoms with Gasteiger partial charge in [-0.1, -0.05) is 5.16 Å². The highest BCUT2D eigenvalue weighted by Crippen LogP contribution is 2.17. The number of carbonyl (C=O) groups excluding carboxylic acids is 1. The van der Waals surface area contributed by atoms with Gasteiger partial charge in [-0.3, -0.25) is 9.48 Å². The molecule has 0 radical (unpaired) electrons. The van der Waals surface area contributed by atoms with Gasteiger partial charge >= 0.3 is 5.97 Å². The van der Waals surface area contributed by atoms with Crippen molar-refractivity contribution in [1.82, 2.24) is 19.9 Å². The van der Waals surface area contributed by atoms with Crippen LogP contribution in [-0.2, 0) is 29.6 Å². The van der Waals surface area contributed by atoms with Crippen molar-refractivity contribution in [3.05, 3.63) is 52.9 Å². The smallest absolute Gasteiger partial charge is 0.306 e. The lowest BCUT2D eigenvalue weighted by atomic mass is 10.1. The zero-order valence-electron chi connectivity index (χ0n) is 14.8. The SMILES string of the molecule is Cc1nn(C)c(C)c1CCC(=O)OCc1nc(-c2ccc(F)cc2)no1. The molecular weight excluding hydrogens is 339 g/mol. The normalized spacial score (nSPS) is 10.9. The predicted molar refractivity (Wildman–Crippen MR) is 90.5 cm³/mol. The summed E-state index contributed by atoms with van der Waals surface area (Å²) >= 11 is 0. The van der Waals surface area contributed by atoms with E-state index in [4.69, 9.17) is 9.26 Å². The highest BCUT2D eigenvalue weighted by atomic mass is 19.1. The summed E-state index contributed by atoms with van der Waals surface area (Å²) in [7, 11) is 1.87. The third-order valence-corrected chi connectivity index (χ3v) is 4.17. The Balaban J connectivity index is 1.52. The minimum absolute atomic E-state index is 0.0992. The van der Waals surface area contributed by atoms with Crippen molar-refractivity contribution >= 4 is 5.97 Å². The van der Waals surface area contributed by atoms with Crippen LogP contribution in [0.25, 0.3) is 11.4 Å². The molecule has 0 aliphatic carbocycles. The number of rotatable bonds is 6. The van der Waals surface area contributed by atoms with Crippen LogP contribution in [0.15, 0.2) is 28.8 Å². The number of aryl methyl sites for hydroxylation is 2. The first kappa shape index (κ1) is 17.8. The van der Waals surface area contributed by atoms with Crippen molar-refractivity contribution in [2.45, 2.75) is 33.3 Å². The minimum Gasteiger partial charge on any atom is -0.456 e. The van der Waals surface area contributed by atoms with E-state index >= 15 is 0 Å². The van der Waals surface area contributed by atoms with Crippen molar-refractivity contribution in [3.63, 3.8) is 0 Å². The molecule has 136 valence electrons. The van der Waals surface area contributed by atoms with Gasteiger partial charge in [0.25, 0.3) is 5.89 Å². The Morgan fingerprint density at radius 3 is 2.65 bits per heavy atom. The van der Waals surface area contributed by atoms with E-state index in [1.807, 2.05) is 20.9 Å². The van der Waals surface area contributed by atoms with Gasteiger partial charge in [0.2, 0.25) is 5.82 Å². The molecule has 0 bridgehead atoms. The van der Waals surface area contributed by atoms with E-state index in [0.29, 0.717) is 17.8 Å². The molecule has 0 atom stereocenters. The van der Waals surface area contributed by atoms with E-state index in [1.54, 1.807) is 16.8 Å². The molecular formula is C18H19FN4O3. The number of halogens is 1. The molecule has 0 spiro atoms. The number of nitrogens with zero attached hydrogens (tertiary/aromatic N) is 4. The third-order valence-electron chi connectivity index (χ3n) is 4.17. The van der Waals surface area contributed by atoms with Crippen LogP contribution < -0.4 is 0 Å². The average molecular weight is 358 g/mol. The van der Waals surface area contributed by atoms with E-state index in [-0.39, 0.29) is 30.7 Å². The minimum atomic E-state index is -0.353. The van der Waals surface area contributed by atoms with E-state index in [2.05, 4.69) is 15.2 Å². The first-order chi connectivity index (χ1) is 12.4. The maximum atomic E-state index is 12.9. The second-order valence-electron chi connectivity index (χ2n) is 5.95. The first-order valence-electron chi connectivity index (χ1n) is 8.17. The van der Waals surface area contributed by atoms with E-state index < -0.39 is 0 Å². The Kier molecular flexibility index (Phi) is 5.11. The van der Waals surface area contributed by atoms with E-state index in [0.717, 1.165) is 17.0 Å². The van der Waals surface area contributed by atoms with Crippen molar-refractivity contribution in [2.24, 2.45) is 7.05 Å². The molecule has 0 fully saturated rings. The molecule has 0 aliphatic heterocycles. The molecule has 0 saturated heterocycles. The monoisotopic (exact) mass is 358 g/mol. The summed E-state index contributed by atoms with van der Waals surface area (Å²) < 4.78 is 25.0. The number of benzene rings is 1. The van der Waals surface area contributed by atoms with Gasteiger partial charge in [0.05, 0.1) is 5.69 Å². The first-order valence-corrected chi connectivity index (χ1v) is 8.17. The molecule has 2 heterocycles. The standard InChI is InChI=1S/C18H19FN4O3/c1-11-15(12(2)23(3)21-11)8-9-17(24)25-10-16-20-18(22-26-16)13-4-6-14(19)7-5-13/h4-7H,8-10H2,1-3H3. The lowest BCUT2D eigenvalue weighted by Gasteiger charge is -2.03. The molecule has 3 aromatic rings. The van der Waals surface area contributed by atoms with Gasteiger partial charge in [-0.15, -0.1) is 0 Å². The second kappa shape index (κ2) is 7.47. The Morgan fingerprint density at radius 2 is 2.00 bits per heavy atom. The molecule has 0 unspecified atom stereocenters. The third kappa shape index (κ3) is 3.96. The summed E-state index contributed by atoms with van der Waals surface area (Å²) in [5, 5.41) is 8.13. The second-order valence-corrected chi connectivity index (χ2v) is 5.95. The van der Waals surface area contributed by atoms with Crippen molar-refractivity contribution < 1.29 is 18.4 Å². The van der Waals surface area contributed by atoms with E-state index in [9.17, 15) is 9.18 Å². The summed E-state index contributed by atoms with van der Waals surface area (Å²) in [5.74, 6) is -0.191. The average Bonchev–Trinajstić information content (AvgIpc) is 3.18. The topological polar surface area (TPSA) is 83.0 Å². The van der Waals surface area contributed by atoms with Crippen LogP contribution >= 0.6 is 0 Å². The van der Waals surface area contributed by atoms with Gasteiger partial charge in [0, 0.05) is 24.7 Å². The molecule has 8 heteroatoms. The van der Waals surface area contributed by atoms with Gasteiger partial charge in [-0.05, 0) is 50.1 Å². The van der Waals surface area contributed by atoms with Crippen LogP contribution in [0.1, 0.15) is 29.3 Å². The molecule has 2 aromatic heterocycles. The van der Waals surface area contributed by atoms with Crippen LogP contribution in [0, 0.1) is 19.7 Å². The molecule has 7 nitrogen and oxygen atoms in total. The molecule has 0 amide bonds. The molecule has 3 rings (SSSR count). The number of carbonyl (C=O) groups is 1. The maximum absolute atomic E-state index is 12.9. The van der Waals surface area contributed by atoms with E-state index in [1.165, 1.54) is 12.1 Å². The summed E-state index contributed by atoms with van der Waals surface area (Å²) in [6.45, 7) is 3.79. The number of aromatic nitrogens is 4. The Bertz CT molecular complexity index is 915. The molecule has 26 heavy (non-hydrogen) atoms. The molecule has 0 N–H and O–H groups in total. The molecule has 0 aliphatic rings. The van der Waals surface area contributed by atoms with Gasteiger partial charge in [-0.25, -0.2) is 4.39 Å². The van der Waals surface area contributed by atoms with Crippen LogP contribution in [0.4, 0.5) is 4.39 Å². The van der Waals surface area contributed by atoms with Crippen LogP contribution in [0.2, 0.25) is 0 Å².